The molecule has 0 radical (unpaired) electrons. The molecule has 0 N–H and O–H groups in total. The maximum atomic E-state index is 13.5. The summed E-state index contributed by atoms with van der Waals surface area (Å²) in [4.78, 5) is 49.0. The summed E-state index contributed by atoms with van der Waals surface area (Å²) < 4.78 is 16.8. The Hall–Kier alpha value is -4.09. The summed E-state index contributed by atoms with van der Waals surface area (Å²) in [7, 11) is 1.55. The third-order valence-corrected chi connectivity index (χ3v) is 8.46. The molecular weight excluding hydrogens is 568 g/mol. The van der Waals surface area contributed by atoms with Crippen LogP contribution in [-0.2, 0) is 30.5 Å². The molecule has 2 aromatic rings. The molecule has 3 heterocycles. The van der Waals surface area contributed by atoms with Crippen LogP contribution in [0.2, 0.25) is 0 Å². The number of rotatable bonds is 10. The van der Waals surface area contributed by atoms with E-state index in [1.165, 1.54) is 11.8 Å². The molecule has 0 aromatic heterocycles. The molecular formula is C32H36N4O6S. The zero-order valence-corrected chi connectivity index (χ0v) is 25.5. The number of carbonyl (C=O) groups excluding carboxylic acids is 3. The predicted molar refractivity (Wildman–Crippen MR) is 164 cm³/mol. The fraction of sp³-hybridized carbons (Fsp3) is 0.375. The van der Waals surface area contributed by atoms with Gasteiger partial charge in [-0.15, -0.1) is 0 Å². The van der Waals surface area contributed by atoms with Crippen LogP contribution in [-0.4, -0.2) is 84.2 Å². The van der Waals surface area contributed by atoms with Crippen LogP contribution in [0.25, 0.3) is 0 Å². The van der Waals surface area contributed by atoms with Gasteiger partial charge in [-0.1, -0.05) is 54.2 Å². The van der Waals surface area contributed by atoms with Crippen LogP contribution in [0.15, 0.2) is 82.0 Å². The average molecular weight is 605 g/mol. The number of nitrogens with zero attached hydrogens (tertiary/aromatic N) is 4. The molecule has 0 aliphatic carbocycles. The average Bonchev–Trinajstić information content (AvgIpc) is 3.41. The Balaban J connectivity index is 1.41. The molecule has 2 aromatic carbocycles. The van der Waals surface area contributed by atoms with Crippen molar-refractivity contribution in [2.24, 2.45) is 4.99 Å². The molecule has 1 unspecified atom stereocenters. The van der Waals surface area contributed by atoms with Gasteiger partial charge in [-0.25, -0.2) is 9.79 Å². The summed E-state index contributed by atoms with van der Waals surface area (Å²) in [5, 5.41) is 2.62. The van der Waals surface area contributed by atoms with Crippen LogP contribution in [0.1, 0.15) is 37.4 Å². The molecule has 0 bridgehead atoms. The minimum Gasteiger partial charge on any atom is -0.489 e. The normalized spacial score (nSPS) is 18.2. The maximum absolute atomic E-state index is 13.5. The number of allylic oxidation sites excluding steroid dienone is 1. The highest BCUT2D eigenvalue weighted by Crippen LogP contribution is 2.45. The molecule has 11 heteroatoms. The van der Waals surface area contributed by atoms with Gasteiger partial charge in [-0.2, -0.15) is 0 Å². The van der Waals surface area contributed by atoms with Crippen LogP contribution in [0.5, 0.6) is 5.75 Å². The zero-order chi connectivity index (χ0) is 30.3. The first-order chi connectivity index (χ1) is 20.9. The van der Waals surface area contributed by atoms with Crippen LogP contribution < -0.4 is 4.74 Å². The van der Waals surface area contributed by atoms with Crippen molar-refractivity contribution in [3.63, 3.8) is 0 Å². The van der Waals surface area contributed by atoms with Gasteiger partial charge in [-0.05, 0) is 35.6 Å². The highest BCUT2D eigenvalue weighted by molar-refractivity contribution is 8.16. The molecule has 10 nitrogen and oxygen atoms in total. The number of amidine groups is 1. The van der Waals surface area contributed by atoms with Gasteiger partial charge in [0.05, 0.1) is 30.3 Å². The van der Waals surface area contributed by atoms with E-state index in [0.29, 0.717) is 55.0 Å². The van der Waals surface area contributed by atoms with Crippen LogP contribution in [0.4, 0.5) is 0 Å². The SMILES string of the molecule is COCCOC(=O)C1=C(C)N=C2SC=C(CC(=O)N3CCN(C(C)=O)CC3)N2C1c1cccc(OCc2ccccc2)c1. The number of ether oxygens (including phenoxy) is 3. The van der Waals surface area contributed by atoms with E-state index in [9.17, 15) is 14.4 Å². The summed E-state index contributed by atoms with van der Waals surface area (Å²) in [6, 6.07) is 17.0. The number of fused-ring (bicyclic) bond motifs is 1. The van der Waals surface area contributed by atoms with Crippen molar-refractivity contribution in [2.75, 3.05) is 46.5 Å². The summed E-state index contributed by atoms with van der Waals surface area (Å²) in [5.41, 5.74) is 3.56. The van der Waals surface area contributed by atoms with E-state index in [1.54, 1.807) is 30.8 Å². The summed E-state index contributed by atoms with van der Waals surface area (Å²) in [6.45, 7) is 6.14. The lowest BCUT2D eigenvalue weighted by Crippen LogP contribution is -2.50. The second kappa shape index (κ2) is 13.9. The van der Waals surface area contributed by atoms with Crippen LogP contribution in [0, 0.1) is 0 Å². The quantitative estimate of drug-likeness (QED) is 0.295. The van der Waals surface area contributed by atoms with E-state index >= 15 is 0 Å². The lowest BCUT2D eigenvalue weighted by Gasteiger charge is -2.38. The highest BCUT2D eigenvalue weighted by Gasteiger charge is 2.41. The number of aliphatic imine (C=N–C) groups is 1. The van der Waals surface area contributed by atoms with E-state index < -0.39 is 12.0 Å². The molecule has 1 saturated heterocycles. The van der Waals surface area contributed by atoms with Crippen molar-refractivity contribution in [3.05, 3.63) is 88.1 Å². The number of carbonyl (C=O) groups is 3. The number of methoxy groups -OCH3 is 1. The van der Waals surface area contributed by atoms with Gasteiger partial charge in [0.2, 0.25) is 11.8 Å². The lowest BCUT2D eigenvalue weighted by molar-refractivity contribution is -0.141. The van der Waals surface area contributed by atoms with Crippen molar-refractivity contribution in [3.8, 4) is 5.75 Å². The lowest BCUT2D eigenvalue weighted by atomic mass is 9.93. The van der Waals surface area contributed by atoms with Crippen LogP contribution in [0.3, 0.4) is 0 Å². The van der Waals surface area contributed by atoms with E-state index in [2.05, 4.69) is 0 Å². The Morgan fingerprint density at radius 1 is 0.977 bits per heavy atom. The van der Waals surface area contributed by atoms with E-state index in [-0.39, 0.29) is 31.4 Å². The van der Waals surface area contributed by atoms with E-state index in [4.69, 9.17) is 19.2 Å². The predicted octanol–water partition coefficient (Wildman–Crippen LogP) is 4.11. The summed E-state index contributed by atoms with van der Waals surface area (Å²) in [6.07, 6.45) is 0.137. The second-order valence-corrected chi connectivity index (χ2v) is 11.3. The number of esters is 1. The van der Waals surface area contributed by atoms with Crippen molar-refractivity contribution in [1.82, 2.24) is 14.7 Å². The van der Waals surface area contributed by atoms with E-state index in [0.717, 1.165) is 16.8 Å². The minimum absolute atomic E-state index is 0.0149. The number of piperazine rings is 1. The second-order valence-electron chi connectivity index (χ2n) is 10.4. The number of thioether (sulfide) groups is 1. The zero-order valence-electron chi connectivity index (χ0n) is 24.7. The van der Waals surface area contributed by atoms with Gasteiger partial charge < -0.3 is 28.9 Å². The maximum Gasteiger partial charge on any atom is 0.338 e. The van der Waals surface area contributed by atoms with Gasteiger partial charge in [0.15, 0.2) is 5.17 Å². The molecule has 3 aliphatic rings. The highest BCUT2D eigenvalue weighted by atomic mass is 32.2. The molecule has 2 amide bonds. The Morgan fingerprint density at radius 2 is 1.72 bits per heavy atom. The Labute approximate surface area is 256 Å². The third-order valence-electron chi connectivity index (χ3n) is 7.57. The Kier molecular flexibility index (Phi) is 9.83. The number of hydrogen-bond donors (Lipinski definition) is 0. The van der Waals surface area contributed by atoms with Crippen molar-refractivity contribution < 1.29 is 28.6 Å². The van der Waals surface area contributed by atoms with Crippen molar-refractivity contribution in [2.45, 2.75) is 32.9 Å². The van der Waals surface area contributed by atoms with E-state index in [1.807, 2.05) is 64.9 Å². The fourth-order valence-electron chi connectivity index (χ4n) is 5.29. The molecule has 0 spiro atoms. The first-order valence-corrected chi connectivity index (χ1v) is 15.1. The van der Waals surface area contributed by atoms with Crippen LogP contribution >= 0.6 is 11.8 Å². The van der Waals surface area contributed by atoms with Gasteiger partial charge in [-0.3, -0.25) is 9.59 Å². The number of benzene rings is 2. The Bertz CT molecular complexity index is 1450. The smallest absolute Gasteiger partial charge is 0.338 e. The van der Waals surface area contributed by atoms with Gasteiger partial charge in [0.25, 0.3) is 0 Å². The van der Waals surface area contributed by atoms with Gasteiger partial charge >= 0.3 is 5.97 Å². The first kappa shape index (κ1) is 30.4. The molecule has 5 rings (SSSR count). The molecule has 1 atom stereocenters. The molecule has 43 heavy (non-hydrogen) atoms. The van der Waals surface area contributed by atoms with Crippen molar-refractivity contribution >= 4 is 34.7 Å². The number of amides is 2. The minimum atomic E-state index is -0.577. The number of hydrogen-bond acceptors (Lipinski definition) is 9. The standard InChI is InChI=1S/C32H36N4O6S/c1-22-29(31(39)41-17-16-40-3)30(25-10-7-11-27(18-25)42-20-24-8-5-4-6-9-24)36-26(21-43-32(36)33-22)19-28(38)35-14-12-34(13-15-35)23(2)37/h4-11,18,21,30H,12-17,19-20H2,1-3H3. The molecule has 3 aliphatic heterocycles. The van der Waals surface area contributed by atoms with Crippen molar-refractivity contribution in [1.29, 1.82) is 0 Å². The summed E-state index contributed by atoms with van der Waals surface area (Å²) >= 11 is 1.43. The molecule has 226 valence electrons. The third kappa shape index (κ3) is 7.11. The summed E-state index contributed by atoms with van der Waals surface area (Å²) in [5.74, 6) is 0.152. The first-order valence-electron chi connectivity index (χ1n) is 14.3. The molecule has 1 fully saturated rings. The monoisotopic (exact) mass is 604 g/mol. The largest absolute Gasteiger partial charge is 0.489 e. The Morgan fingerprint density at radius 3 is 2.44 bits per heavy atom. The van der Waals surface area contributed by atoms with Gasteiger partial charge in [0.1, 0.15) is 19.0 Å². The fourth-order valence-corrected chi connectivity index (χ4v) is 6.26. The topological polar surface area (TPSA) is 101 Å². The van der Waals surface area contributed by atoms with Gasteiger partial charge in [0, 0.05) is 45.9 Å². The molecule has 0 saturated carbocycles.